The Balaban J connectivity index is 1.94. The number of amides is 1. The number of benzene rings is 1. The molecule has 3 rings (SSSR count). The fraction of sp³-hybridized carbons (Fsp3) is 0.400. The Hall–Kier alpha value is -2.72. The highest BCUT2D eigenvalue weighted by Gasteiger charge is 2.25. The second kappa shape index (κ2) is 7.89. The first-order chi connectivity index (χ1) is 13.0. The Bertz CT molecular complexity index is 888. The van der Waals surface area contributed by atoms with E-state index in [1.807, 2.05) is 0 Å². The van der Waals surface area contributed by atoms with Crippen molar-refractivity contribution in [3.8, 4) is 23.3 Å². The predicted molar refractivity (Wildman–Crippen MR) is 104 cm³/mol. The molecule has 6 nitrogen and oxygen atoms in total. The van der Waals surface area contributed by atoms with E-state index in [9.17, 15) is 10.1 Å². The number of nitrogens with one attached hydrogen (secondary N) is 1. The van der Waals surface area contributed by atoms with Crippen molar-refractivity contribution in [3.05, 3.63) is 33.7 Å². The number of anilines is 1. The van der Waals surface area contributed by atoms with E-state index in [2.05, 4.69) is 18.3 Å². The quantitative estimate of drug-likeness (QED) is 0.839. The average molecular weight is 386 g/mol. The third kappa shape index (κ3) is 3.58. The van der Waals surface area contributed by atoms with Gasteiger partial charge in [0.25, 0.3) is 5.91 Å². The van der Waals surface area contributed by atoms with Crippen molar-refractivity contribution in [2.45, 2.75) is 26.2 Å². The number of fused-ring (bicyclic) bond motifs is 1. The smallest absolute Gasteiger partial charge is 0.256 e. The lowest BCUT2D eigenvalue weighted by molar-refractivity contribution is 0.102. The van der Waals surface area contributed by atoms with E-state index in [0.29, 0.717) is 39.3 Å². The van der Waals surface area contributed by atoms with Gasteiger partial charge in [-0.15, -0.1) is 11.3 Å². The fourth-order valence-electron chi connectivity index (χ4n) is 3.34. The summed E-state index contributed by atoms with van der Waals surface area (Å²) in [5.41, 5.74) is 2.04. The van der Waals surface area contributed by atoms with Gasteiger partial charge in [-0.25, -0.2) is 0 Å². The number of nitriles is 1. The Labute approximate surface area is 162 Å². The first kappa shape index (κ1) is 19.1. The maximum absolute atomic E-state index is 12.8. The molecule has 27 heavy (non-hydrogen) atoms. The molecule has 0 aliphatic heterocycles. The third-order valence-corrected chi connectivity index (χ3v) is 5.95. The van der Waals surface area contributed by atoms with Gasteiger partial charge in [-0.05, 0) is 42.9 Å². The van der Waals surface area contributed by atoms with Crippen LogP contribution in [0.1, 0.15) is 39.7 Å². The van der Waals surface area contributed by atoms with Crippen molar-refractivity contribution >= 4 is 22.2 Å². The summed E-state index contributed by atoms with van der Waals surface area (Å²) in [6.45, 7) is 2.21. The highest BCUT2D eigenvalue weighted by atomic mass is 32.1. The van der Waals surface area contributed by atoms with Crippen LogP contribution in [0.15, 0.2) is 12.1 Å². The Morgan fingerprint density at radius 2 is 1.89 bits per heavy atom. The molecular formula is C20H22N2O4S. The number of rotatable bonds is 5. The highest BCUT2D eigenvalue weighted by Crippen LogP contribution is 2.41. The SMILES string of the molecule is COc1cc(C(=O)Nc2sc3c(c2C#N)CCC(C)C3)cc(OC)c1OC. The van der Waals surface area contributed by atoms with Crippen molar-refractivity contribution in [2.24, 2.45) is 5.92 Å². The standard InChI is InChI=1S/C20H22N2O4S/c1-11-5-6-13-14(10-21)20(27-17(13)7-11)22-19(23)12-8-15(24-2)18(26-4)16(9-12)25-3/h8-9,11H,5-7H2,1-4H3,(H,22,23). The van der Waals surface area contributed by atoms with Crippen molar-refractivity contribution < 1.29 is 19.0 Å². The Kier molecular flexibility index (Phi) is 5.57. The van der Waals surface area contributed by atoms with Crippen LogP contribution in [0.4, 0.5) is 5.00 Å². The molecule has 7 heteroatoms. The van der Waals surface area contributed by atoms with E-state index in [1.165, 1.54) is 37.5 Å². The molecule has 0 fully saturated rings. The molecule has 1 heterocycles. The average Bonchev–Trinajstić information content (AvgIpc) is 3.02. The minimum absolute atomic E-state index is 0.322. The molecule has 0 saturated carbocycles. The molecule has 0 radical (unpaired) electrons. The number of methoxy groups -OCH3 is 3. The summed E-state index contributed by atoms with van der Waals surface area (Å²) in [5.74, 6) is 1.51. The lowest BCUT2D eigenvalue weighted by Gasteiger charge is -2.17. The van der Waals surface area contributed by atoms with Gasteiger partial charge < -0.3 is 19.5 Å². The van der Waals surface area contributed by atoms with Gasteiger partial charge in [-0.3, -0.25) is 4.79 Å². The molecule has 1 aliphatic rings. The molecule has 1 amide bonds. The van der Waals surface area contributed by atoms with E-state index < -0.39 is 0 Å². The summed E-state index contributed by atoms with van der Waals surface area (Å²) in [6.07, 6.45) is 2.91. The van der Waals surface area contributed by atoms with Crippen LogP contribution in [0.5, 0.6) is 17.2 Å². The largest absolute Gasteiger partial charge is 0.493 e. The van der Waals surface area contributed by atoms with Gasteiger partial charge in [-0.2, -0.15) is 5.26 Å². The van der Waals surface area contributed by atoms with Crippen LogP contribution >= 0.6 is 11.3 Å². The van der Waals surface area contributed by atoms with Crippen LogP contribution in [0, 0.1) is 17.2 Å². The molecule has 1 aromatic heterocycles. The first-order valence-corrected chi connectivity index (χ1v) is 9.50. The highest BCUT2D eigenvalue weighted by molar-refractivity contribution is 7.16. The van der Waals surface area contributed by atoms with Crippen molar-refractivity contribution in [3.63, 3.8) is 0 Å². The van der Waals surface area contributed by atoms with Crippen molar-refractivity contribution in [1.29, 1.82) is 5.26 Å². The Morgan fingerprint density at radius 3 is 2.44 bits per heavy atom. The third-order valence-electron chi connectivity index (χ3n) is 4.78. The second-order valence-corrected chi connectivity index (χ2v) is 7.64. The van der Waals surface area contributed by atoms with Gasteiger partial charge in [-0.1, -0.05) is 6.92 Å². The summed E-state index contributed by atoms with van der Waals surface area (Å²) < 4.78 is 15.9. The molecular weight excluding hydrogens is 364 g/mol. The zero-order valence-electron chi connectivity index (χ0n) is 15.8. The molecule has 142 valence electrons. The molecule has 1 unspecified atom stereocenters. The minimum Gasteiger partial charge on any atom is -0.493 e. The lowest BCUT2D eigenvalue weighted by Crippen LogP contribution is -2.13. The molecule has 2 aromatic rings. The van der Waals surface area contributed by atoms with E-state index in [1.54, 1.807) is 12.1 Å². The van der Waals surface area contributed by atoms with Gasteiger partial charge in [0.15, 0.2) is 11.5 Å². The maximum Gasteiger partial charge on any atom is 0.256 e. The molecule has 0 spiro atoms. The first-order valence-electron chi connectivity index (χ1n) is 8.68. The number of hydrogen-bond acceptors (Lipinski definition) is 6. The Morgan fingerprint density at radius 1 is 1.22 bits per heavy atom. The minimum atomic E-state index is -0.322. The zero-order valence-corrected chi connectivity index (χ0v) is 16.7. The van der Waals surface area contributed by atoms with Gasteiger partial charge in [0, 0.05) is 10.4 Å². The van der Waals surface area contributed by atoms with Crippen molar-refractivity contribution in [1.82, 2.24) is 0 Å². The number of carbonyl (C=O) groups is 1. The number of ether oxygens (including phenoxy) is 3. The summed E-state index contributed by atoms with van der Waals surface area (Å²) in [6, 6.07) is 5.46. The summed E-state index contributed by atoms with van der Waals surface area (Å²) in [4.78, 5) is 14.0. The van der Waals surface area contributed by atoms with Gasteiger partial charge in [0.05, 0.1) is 26.9 Å². The summed E-state index contributed by atoms with van der Waals surface area (Å²) in [7, 11) is 4.51. The van der Waals surface area contributed by atoms with E-state index in [0.717, 1.165) is 24.8 Å². The van der Waals surface area contributed by atoms with Gasteiger partial charge >= 0.3 is 0 Å². The van der Waals surface area contributed by atoms with Crippen LogP contribution in [0.25, 0.3) is 0 Å². The van der Waals surface area contributed by atoms with Crippen LogP contribution in [-0.2, 0) is 12.8 Å². The molecule has 1 N–H and O–H groups in total. The summed E-state index contributed by atoms with van der Waals surface area (Å²) in [5, 5.41) is 13.1. The lowest BCUT2D eigenvalue weighted by atomic mass is 9.88. The van der Waals surface area contributed by atoms with E-state index >= 15 is 0 Å². The molecule has 1 aromatic carbocycles. The zero-order chi connectivity index (χ0) is 19.6. The number of thiophene rings is 1. The van der Waals surface area contributed by atoms with Crippen LogP contribution < -0.4 is 19.5 Å². The topological polar surface area (TPSA) is 80.6 Å². The predicted octanol–water partition coefficient (Wildman–Crippen LogP) is 4.02. The van der Waals surface area contributed by atoms with Crippen LogP contribution in [-0.4, -0.2) is 27.2 Å². The monoisotopic (exact) mass is 386 g/mol. The maximum atomic E-state index is 12.8. The van der Waals surface area contributed by atoms with E-state index in [4.69, 9.17) is 14.2 Å². The number of hydrogen-bond donors (Lipinski definition) is 1. The van der Waals surface area contributed by atoms with Gasteiger partial charge in [0.1, 0.15) is 11.1 Å². The van der Waals surface area contributed by atoms with Crippen LogP contribution in [0.3, 0.4) is 0 Å². The number of carbonyl (C=O) groups excluding carboxylic acids is 1. The second-order valence-electron chi connectivity index (χ2n) is 6.54. The molecule has 0 saturated heterocycles. The molecule has 0 bridgehead atoms. The van der Waals surface area contributed by atoms with Gasteiger partial charge in [0.2, 0.25) is 5.75 Å². The van der Waals surface area contributed by atoms with Crippen LogP contribution in [0.2, 0.25) is 0 Å². The van der Waals surface area contributed by atoms with E-state index in [-0.39, 0.29) is 5.91 Å². The summed E-state index contributed by atoms with van der Waals surface area (Å²) >= 11 is 1.50. The molecule has 1 aliphatic carbocycles. The fourth-order valence-corrected chi connectivity index (χ4v) is 4.70. The number of nitrogens with zero attached hydrogens (tertiary/aromatic N) is 1. The molecule has 1 atom stereocenters. The normalized spacial score (nSPS) is 15.4. The van der Waals surface area contributed by atoms with Crippen molar-refractivity contribution in [2.75, 3.05) is 26.6 Å².